The number of phenolic OH excluding ortho intramolecular Hbond substituents is 1. The first kappa shape index (κ1) is 9.50. The highest BCUT2D eigenvalue weighted by Crippen LogP contribution is 2.35. The molecule has 2 heteroatoms. The molecule has 0 radical (unpaired) electrons. The Bertz CT molecular complexity index is 316. The summed E-state index contributed by atoms with van der Waals surface area (Å²) >= 11 is 0. The van der Waals surface area contributed by atoms with Crippen LogP contribution < -0.4 is 0 Å². The Hall–Kier alpha value is -1.05. The van der Waals surface area contributed by atoms with Gasteiger partial charge in [-0.05, 0) is 30.4 Å². The molecule has 1 fully saturated rings. The van der Waals surface area contributed by atoms with Crippen molar-refractivity contribution in [2.24, 2.45) is 0 Å². The molecule has 2 rings (SSSR count). The smallest absolute Gasteiger partial charge is 0.168 e. The summed E-state index contributed by atoms with van der Waals surface area (Å²) in [5.41, 5.74) is 0.699. The lowest BCUT2D eigenvalue weighted by Gasteiger charge is -2.22. The van der Waals surface area contributed by atoms with E-state index in [9.17, 15) is 9.50 Å². The second kappa shape index (κ2) is 3.99. The second-order valence-corrected chi connectivity index (χ2v) is 4.02. The molecular weight excluding hydrogens is 179 g/mol. The van der Waals surface area contributed by atoms with Crippen LogP contribution in [0.3, 0.4) is 0 Å². The van der Waals surface area contributed by atoms with Gasteiger partial charge in [-0.25, -0.2) is 4.39 Å². The molecule has 1 aliphatic rings. The van der Waals surface area contributed by atoms with Crippen molar-refractivity contribution < 1.29 is 9.50 Å². The highest BCUT2D eigenvalue weighted by molar-refractivity contribution is 5.32. The van der Waals surface area contributed by atoms with E-state index in [1.165, 1.54) is 25.3 Å². The molecule has 0 atom stereocenters. The van der Waals surface area contributed by atoms with Crippen LogP contribution in [0, 0.1) is 5.82 Å². The van der Waals surface area contributed by atoms with E-state index in [4.69, 9.17) is 0 Å². The van der Waals surface area contributed by atoms with Gasteiger partial charge < -0.3 is 5.11 Å². The molecule has 1 aliphatic carbocycles. The van der Waals surface area contributed by atoms with E-state index >= 15 is 0 Å². The molecule has 14 heavy (non-hydrogen) atoms. The Morgan fingerprint density at radius 3 is 2.57 bits per heavy atom. The molecule has 0 unspecified atom stereocenters. The number of hydrogen-bond acceptors (Lipinski definition) is 1. The fraction of sp³-hybridized carbons (Fsp3) is 0.500. The van der Waals surface area contributed by atoms with Crippen molar-refractivity contribution in [2.75, 3.05) is 0 Å². The molecule has 0 amide bonds. The second-order valence-electron chi connectivity index (χ2n) is 4.02. The third-order valence-corrected chi connectivity index (χ3v) is 3.05. The third-order valence-electron chi connectivity index (χ3n) is 3.05. The molecule has 0 bridgehead atoms. The molecule has 0 heterocycles. The Morgan fingerprint density at radius 2 is 1.86 bits per heavy atom. The Labute approximate surface area is 83.6 Å². The average Bonchev–Trinajstić information content (AvgIpc) is 2.23. The fourth-order valence-electron chi connectivity index (χ4n) is 2.27. The van der Waals surface area contributed by atoms with Gasteiger partial charge in [-0.3, -0.25) is 0 Å². The predicted molar refractivity (Wildman–Crippen MR) is 53.9 cm³/mol. The number of phenols is 1. The lowest BCUT2D eigenvalue weighted by Crippen LogP contribution is -2.06. The van der Waals surface area contributed by atoms with Crippen LogP contribution in [-0.2, 0) is 0 Å². The highest BCUT2D eigenvalue weighted by Gasteiger charge is 2.19. The third kappa shape index (κ3) is 1.74. The zero-order chi connectivity index (χ0) is 9.97. The van der Waals surface area contributed by atoms with Crippen molar-refractivity contribution in [3.05, 3.63) is 29.6 Å². The lowest BCUT2D eigenvalue weighted by atomic mass is 9.84. The number of hydrogen-bond donors (Lipinski definition) is 1. The van der Waals surface area contributed by atoms with Gasteiger partial charge in [0.15, 0.2) is 11.6 Å². The molecule has 1 saturated carbocycles. The van der Waals surface area contributed by atoms with Crippen LogP contribution in [0.25, 0.3) is 0 Å². The normalized spacial score (nSPS) is 18.4. The van der Waals surface area contributed by atoms with E-state index < -0.39 is 5.82 Å². The van der Waals surface area contributed by atoms with Gasteiger partial charge in [-0.2, -0.15) is 0 Å². The molecule has 0 spiro atoms. The summed E-state index contributed by atoms with van der Waals surface area (Å²) < 4.78 is 13.5. The summed E-state index contributed by atoms with van der Waals surface area (Å²) in [4.78, 5) is 0. The summed E-state index contributed by atoms with van der Waals surface area (Å²) in [7, 11) is 0. The van der Waals surface area contributed by atoms with Crippen LogP contribution >= 0.6 is 0 Å². The van der Waals surface area contributed by atoms with Crippen molar-refractivity contribution in [3.8, 4) is 5.75 Å². The van der Waals surface area contributed by atoms with E-state index in [0.29, 0.717) is 11.5 Å². The summed E-state index contributed by atoms with van der Waals surface area (Å²) in [6.45, 7) is 0. The largest absolute Gasteiger partial charge is 0.505 e. The first-order valence-electron chi connectivity index (χ1n) is 5.26. The van der Waals surface area contributed by atoms with Crippen molar-refractivity contribution in [3.63, 3.8) is 0 Å². The Balaban J connectivity index is 2.26. The van der Waals surface area contributed by atoms with E-state index in [0.717, 1.165) is 12.8 Å². The quantitative estimate of drug-likeness (QED) is 0.724. The fourth-order valence-corrected chi connectivity index (χ4v) is 2.27. The molecule has 1 aromatic carbocycles. The van der Waals surface area contributed by atoms with Crippen LogP contribution in [0.2, 0.25) is 0 Å². The molecule has 0 aromatic heterocycles. The SMILES string of the molecule is Oc1cccc(C2CCCCC2)c1F. The van der Waals surface area contributed by atoms with Gasteiger partial charge in [-0.15, -0.1) is 0 Å². The molecule has 0 saturated heterocycles. The minimum atomic E-state index is -0.417. The molecule has 0 aliphatic heterocycles. The highest BCUT2D eigenvalue weighted by atomic mass is 19.1. The number of benzene rings is 1. The minimum absolute atomic E-state index is 0.215. The van der Waals surface area contributed by atoms with Gasteiger partial charge in [0.25, 0.3) is 0 Å². The zero-order valence-corrected chi connectivity index (χ0v) is 8.17. The van der Waals surface area contributed by atoms with Crippen LogP contribution in [0.4, 0.5) is 4.39 Å². The molecule has 76 valence electrons. The monoisotopic (exact) mass is 194 g/mol. The minimum Gasteiger partial charge on any atom is -0.505 e. The van der Waals surface area contributed by atoms with Gasteiger partial charge >= 0.3 is 0 Å². The predicted octanol–water partition coefficient (Wildman–Crippen LogP) is 3.58. The average molecular weight is 194 g/mol. The van der Waals surface area contributed by atoms with Crippen LogP contribution in [0.1, 0.15) is 43.6 Å². The lowest BCUT2D eigenvalue weighted by molar-refractivity contribution is 0.401. The number of halogens is 1. The van der Waals surface area contributed by atoms with E-state index in [2.05, 4.69) is 0 Å². The van der Waals surface area contributed by atoms with Gasteiger partial charge in [0, 0.05) is 0 Å². The van der Waals surface area contributed by atoms with Crippen molar-refractivity contribution >= 4 is 0 Å². The topological polar surface area (TPSA) is 20.2 Å². The van der Waals surface area contributed by atoms with Crippen LogP contribution in [0.15, 0.2) is 18.2 Å². The van der Waals surface area contributed by atoms with Crippen molar-refractivity contribution in [1.82, 2.24) is 0 Å². The summed E-state index contributed by atoms with van der Waals surface area (Å²) in [6.07, 6.45) is 5.73. The van der Waals surface area contributed by atoms with Crippen molar-refractivity contribution in [2.45, 2.75) is 38.0 Å². The summed E-state index contributed by atoms with van der Waals surface area (Å²) in [5, 5.41) is 9.26. The van der Waals surface area contributed by atoms with Crippen LogP contribution in [-0.4, -0.2) is 5.11 Å². The first-order chi connectivity index (χ1) is 6.79. The Kier molecular flexibility index (Phi) is 2.71. The molecule has 1 aromatic rings. The van der Waals surface area contributed by atoms with Gasteiger partial charge in [-0.1, -0.05) is 31.4 Å². The number of aromatic hydroxyl groups is 1. The molecule has 1 nitrogen and oxygen atoms in total. The van der Waals surface area contributed by atoms with Crippen LogP contribution in [0.5, 0.6) is 5.75 Å². The van der Waals surface area contributed by atoms with E-state index in [1.807, 2.05) is 0 Å². The maximum atomic E-state index is 13.5. The summed E-state index contributed by atoms with van der Waals surface area (Å²) in [5.74, 6) is -0.316. The maximum Gasteiger partial charge on any atom is 0.168 e. The van der Waals surface area contributed by atoms with E-state index in [1.54, 1.807) is 12.1 Å². The standard InChI is InChI=1S/C12H15FO/c13-12-10(7-4-8-11(12)14)9-5-2-1-3-6-9/h4,7-9,14H,1-3,5-6H2. The van der Waals surface area contributed by atoms with Crippen molar-refractivity contribution in [1.29, 1.82) is 0 Å². The summed E-state index contributed by atoms with van der Waals surface area (Å²) in [6, 6.07) is 4.93. The first-order valence-corrected chi connectivity index (χ1v) is 5.26. The number of rotatable bonds is 1. The molecule has 1 N–H and O–H groups in total. The Morgan fingerprint density at radius 1 is 1.14 bits per heavy atom. The maximum absolute atomic E-state index is 13.5. The van der Waals surface area contributed by atoms with Gasteiger partial charge in [0.05, 0.1) is 0 Å². The van der Waals surface area contributed by atoms with Gasteiger partial charge in [0.1, 0.15) is 0 Å². The van der Waals surface area contributed by atoms with Gasteiger partial charge in [0.2, 0.25) is 0 Å². The molecular formula is C12H15FO. The zero-order valence-electron chi connectivity index (χ0n) is 8.17. The van der Waals surface area contributed by atoms with E-state index in [-0.39, 0.29) is 5.75 Å².